The number of anilines is 2. The summed E-state index contributed by atoms with van der Waals surface area (Å²) < 4.78 is 69.3. The van der Waals surface area contributed by atoms with Crippen molar-refractivity contribution in [2.24, 2.45) is 11.8 Å². The first kappa shape index (κ1) is 37.3. The molecular formula is C28H35F2N10O11P. The number of aromatic amines is 2. The number of nitrogens with zero attached hydrogens (tertiary/aromatic N) is 6. The molecule has 6 heterocycles. The number of fused-ring (bicyclic) bond motifs is 2. The second kappa shape index (κ2) is 14.8. The van der Waals surface area contributed by atoms with Crippen LogP contribution in [0.1, 0.15) is 40.2 Å². The molecule has 8 atom stereocenters. The fourth-order valence-corrected chi connectivity index (χ4v) is 6.49. The lowest BCUT2D eigenvalue weighted by molar-refractivity contribution is -0.119. The van der Waals surface area contributed by atoms with E-state index in [0.29, 0.717) is 0 Å². The predicted octanol–water partition coefficient (Wildman–Crippen LogP) is 0.0575. The van der Waals surface area contributed by atoms with Gasteiger partial charge >= 0.3 is 8.25 Å². The Hall–Kier alpha value is -4.51. The van der Waals surface area contributed by atoms with Crippen LogP contribution in [-0.4, -0.2) is 111 Å². The Bertz CT molecular complexity index is 1980. The van der Waals surface area contributed by atoms with Crippen molar-refractivity contribution >= 4 is 54.3 Å². The topological polar surface area (TPSA) is 280 Å². The average Bonchev–Trinajstić information content (AvgIpc) is 3.85. The number of rotatable bonds is 12. The second-order valence-corrected chi connectivity index (χ2v) is 13.5. The fourth-order valence-electron chi connectivity index (χ4n) is 5.50. The molecule has 282 valence electrons. The minimum absolute atomic E-state index is 0.190. The van der Waals surface area contributed by atoms with Crippen molar-refractivity contribution in [3.05, 3.63) is 33.4 Å². The van der Waals surface area contributed by atoms with Gasteiger partial charge in [0, 0.05) is 11.8 Å². The maximum absolute atomic E-state index is 15.7. The number of hydrogen-bond acceptors (Lipinski definition) is 15. The highest BCUT2D eigenvalue weighted by atomic mass is 31.1. The molecule has 0 bridgehead atoms. The largest absolute Gasteiger partial charge is 0.394 e. The Morgan fingerprint density at radius 2 is 1.21 bits per heavy atom. The van der Waals surface area contributed by atoms with Gasteiger partial charge in [-0.15, -0.1) is 0 Å². The molecule has 0 aliphatic carbocycles. The van der Waals surface area contributed by atoms with Crippen molar-refractivity contribution in [1.29, 1.82) is 0 Å². The number of alkyl halides is 2. The van der Waals surface area contributed by atoms with Gasteiger partial charge in [0.2, 0.25) is 23.7 Å². The monoisotopic (exact) mass is 756 g/mol. The molecule has 2 saturated heterocycles. The molecule has 21 nitrogen and oxygen atoms in total. The highest BCUT2D eigenvalue weighted by molar-refractivity contribution is 7.33. The van der Waals surface area contributed by atoms with Crippen LogP contribution in [0.2, 0.25) is 0 Å². The molecule has 4 aromatic heterocycles. The van der Waals surface area contributed by atoms with Crippen LogP contribution in [0.5, 0.6) is 0 Å². The molecule has 24 heteroatoms. The van der Waals surface area contributed by atoms with Gasteiger partial charge in [-0.25, -0.2) is 18.7 Å². The molecule has 0 spiro atoms. The number of nitrogens with one attached hydrogen (secondary N) is 4. The molecule has 0 saturated carbocycles. The molecule has 2 amide bonds. The predicted molar refractivity (Wildman–Crippen MR) is 174 cm³/mol. The molecule has 0 unspecified atom stereocenters. The summed E-state index contributed by atoms with van der Waals surface area (Å²) in [6.45, 7) is 4.75. The number of imidazole rings is 2. The lowest BCUT2D eigenvalue weighted by Crippen LogP contribution is -2.33. The van der Waals surface area contributed by atoms with E-state index in [1.54, 1.807) is 27.7 Å². The van der Waals surface area contributed by atoms with Crippen LogP contribution in [0, 0.1) is 11.8 Å². The lowest BCUT2D eigenvalue weighted by Gasteiger charge is -2.24. The van der Waals surface area contributed by atoms with Crippen LogP contribution in [0.15, 0.2) is 22.2 Å². The third-order valence-electron chi connectivity index (χ3n) is 8.30. The van der Waals surface area contributed by atoms with Gasteiger partial charge in [0.05, 0.1) is 25.9 Å². The molecule has 0 aromatic carbocycles. The smallest absolute Gasteiger partial charge is 0.320 e. The summed E-state index contributed by atoms with van der Waals surface area (Å²) >= 11 is 0. The SMILES string of the molecule is CC(C)C(=O)Nc1nc2c(ncn2[C@@H]2O[C@H](CO)[C@@H](F)[C@H]2O[PH](=O)O[C@@H]2[C@H](F)[C@@H](CO)O[C@H]2n2cnc3c(=O)[nH]c(NC(=O)C(C)C)nc32)c(=O)[nH]1. The number of amides is 2. The Balaban J connectivity index is 1.28. The molecule has 6 N–H and O–H groups in total. The van der Waals surface area contributed by atoms with Crippen molar-refractivity contribution in [2.75, 3.05) is 23.8 Å². The maximum Gasteiger partial charge on any atom is 0.320 e. The molecule has 4 aromatic rings. The fraction of sp³-hybridized carbons (Fsp3) is 0.571. The van der Waals surface area contributed by atoms with E-state index in [1.807, 2.05) is 0 Å². The van der Waals surface area contributed by atoms with E-state index in [1.165, 1.54) is 0 Å². The number of aromatic nitrogens is 8. The van der Waals surface area contributed by atoms with Gasteiger partial charge in [-0.3, -0.25) is 62.5 Å². The highest BCUT2D eigenvalue weighted by Crippen LogP contribution is 2.45. The number of aliphatic hydroxyl groups is 2. The van der Waals surface area contributed by atoms with Gasteiger partial charge in [-0.1, -0.05) is 27.7 Å². The summed E-state index contributed by atoms with van der Waals surface area (Å²) in [5.74, 6) is -2.39. The van der Waals surface area contributed by atoms with Gasteiger partial charge in [0.1, 0.15) is 24.4 Å². The number of halogens is 2. The summed E-state index contributed by atoms with van der Waals surface area (Å²) in [4.78, 5) is 71.1. The maximum atomic E-state index is 15.7. The van der Waals surface area contributed by atoms with Crippen molar-refractivity contribution in [2.45, 2.75) is 76.9 Å². The molecule has 2 fully saturated rings. The van der Waals surface area contributed by atoms with Gasteiger partial charge in [0.15, 0.2) is 47.1 Å². The van der Waals surface area contributed by atoms with E-state index in [4.69, 9.17) is 18.5 Å². The molecule has 2 aliphatic rings. The zero-order valence-corrected chi connectivity index (χ0v) is 28.9. The van der Waals surface area contributed by atoms with Crippen molar-refractivity contribution in [3.8, 4) is 0 Å². The van der Waals surface area contributed by atoms with E-state index in [9.17, 15) is 34.0 Å². The zero-order valence-electron chi connectivity index (χ0n) is 27.9. The minimum atomic E-state index is -3.93. The molecule has 52 heavy (non-hydrogen) atoms. The summed E-state index contributed by atoms with van der Waals surface area (Å²) in [5, 5.41) is 24.5. The van der Waals surface area contributed by atoms with Crippen LogP contribution in [0.25, 0.3) is 22.3 Å². The quantitative estimate of drug-likeness (QED) is 0.104. The standard InChI is InChI=1S/C28H35F2N10O11P/c1-9(2)21(43)35-27-33-19-15(23(45)37-27)31-7-39(19)25-17(13(29)11(5-41)48-25)50-52(47)51-18-14(30)12(6-42)49-26(18)40-8-32-16-20(40)34-28(38-24(16)46)36-22(44)10(3)4/h7-14,17-18,25-26,41-42,52H,5-6H2,1-4H3,(H2,33,35,37,43,45)(H2,34,36,38,44,46)/t11-,12-,13-,14-,17-,18-,25-,26-/m1/s1. The number of carbonyl (C=O) groups excluding carboxylic acids is 2. The average molecular weight is 757 g/mol. The number of H-pyrrole nitrogens is 2. The summed E-state index contributed by atoms with van der Waals surface area (Å²) in [5.41, 5.74) is -2.36. The van der Waals surface area contributed by atoms with Crippen molar-refractivity contribution < 1.29 is 51.7 Å². The highest BCUT2D eigenvalue weighted by Gasteiger charge is 2.51. The zero-order chi connectivity index (χ0) is 37.6. The Morgan fingerprint density at radius 1 is 0.827 bits per heavy atom. The minimum Gasteiger partial charge on any atom is -0.394 e. The lowest BCUT2D eigenvalue weighted by atomic mass is 10.1. The Kier molecular flexibility index (Phi) is 10.6. The van der Waals surface area contributed by atoms with Crippen molar-refractivity contribution in [3.63, 3.8) is 0 Å². The first-order valence-electron chi connectivity index (χ1n) is 16.0. The van der Waals surface area contributed by atoms with Crippen LogP contribution in [-0.2, 0) is 32.7 Å². The first-order chi connectivity index (χ1) is 24.7. The van der Waals surface area contributed by atoms with Gasteiger partial charge in [0.25, 0.3) is 11.1 Å². The van der Waals surface area contributed by atoms with E-state index in [0.717, 1.165) is 21.8 Å². The molecule has 2 aliphatic heterocycles. The molecular weight excluding hydrogens is 721 g/mol. The van der Waals surface area contributed by atoms with E-state index < -0.39 is 105 Å². The second-order valence-electron chi connectivity index (χ2n) is 12.6. The van der Waals surface area contributed by atoms with E-state index in [-0.39, 0.29) is 34.2 Å². The molecule has 6 rings (SSSR count). The van der Waals surface area contributed by atoms with E-state index in [2.05, 4.69) is 40.5 Å². The first-order valence-corrected chi connectivity index (χ1v) is 17.2. The summed E-state index contributed by atoms with van der Waals surface area (Å²) in [6.07, 6.45) is -12.0. The van der Waals surface area contributed by atoms with Crippen LogP contribution < -0.4 is 21.8 Å². The van der Waals surface area contributed by atoms with Crippen LogP contribution >= 0.6 is 8.25 Å². The Labute approximate surface area is 291 Å². The van der Waals surface area contributed by atoms with Crippen molar-refractivity contribution in [1.82, 2.24) is 39.0 Å². The van der Waals surface area contributed by atoms with Gasteiger partial charge < -0.3 is 19.7 Å². The third kappa shape index (κ3) is 6.99. The Morgan fingerprint density at radius 3 is 1.56 bits per heavy atom. The number of carbonyl (C=O) groups is 2. The summed E-state index contributed by atoms with van der Waals surface area (Å²) in [7, 11) is -3.93. The normalized spacial score (nSPS) is 26.9. The van der Waals surface area contributed by atoms with Gasteiger partial charge in [-0.2, -0.15) is 9.97 Å². The number of hydrogen-bond donors (Lipinski definition) is 6. The summed E-state index contributed by atoms with van der Waals surface area (Å²) in [6, 6.07) is 0. The third-order valence-corrected chi connectivity index (χ3v) is 9.23. The number of ether oxygens (including phenoxy) is 2. The van der Waals surface area contributed by atoms with Gasteiger partial charge in [-0.05, 0) is 0 Å². The number of aliphatic hydroxyl groups excluding tert-OH is 2. The van der Waals surface area contributed by atoms with E-state index >= 15 is 8.78 Å². The van der Waals surface area contributed by atoms with Crippen LogP contribution in [0.4, 0.5) is 20.7 Å². The molecule has 0 radical (unpaired) electrons. The van der Waals surface area contributed by atoms with Crippen LogP contribution in [0.3, 0.4) is 0 Å².